The molecule has 0 aliphatic heterocycles. The SMILES string of the molecule is CSC1CCC(NC(=O)c2cnc(-n3ccc4cc(C#N)cnc43)cc2NC(C)C)CC1. The fraction of sp³-hybridized carbons (Fsp3) is 0.417. The number of aromatic nitrogens is 3. The van der Waals surface area contributed by atoms with Crippen LogP contribution in [0, 0.1) is 11.3 Å². The molecule has 1 aliphatic carbocycles. The number of carbonyl (C=O) groups is 1. The lowest BCUT2D eigenvalue weighted by atomic mass is 9.94. The third kappa shape index (κ3) is 4.73. The van der Waals surface area contributed by atoms with Crippen LogP contribution in [-0.2, 0) is 0 Å². The molecule has 166 valence electrons. The zero-order valence-corrected chi connectivity index (χ0v) is 19.4. The maximum absolute atomic E-state index is 13.1. The molecule has 8 heteroatoms. The van der Waals surface area contributed by atoms with Gasteiger partial charge in [-0.2, -0.15) is 17.0 Å². The van der Waals surface area contributed by atoms with E-state index in [1.54, 1.807) is 18.5 Å². The highest BCUT2D eigenvalue weighted by atomic mass is 32.2. The van der Waals surface area contributed by atoms with Gasteiger partial charge in [0, 0.05) is 47.4 Å². The average Bonchev–Trinajstić information content (AvgIpc) is 3.22. The Hall–Kier alpha value is -3.05. The first-order valence-corrected chi connectivity index (χ1v) is 12.2. The molecule has 3 heterocycles. The lowest BCUT2D eigenvalue weighted by Crippen LogP contribution is -2.38. The molecule has 0 radical (unpaired) electrons. The zero-order valence-electron chi connectivity index (χ0n) is 18.6. The predicted octanol–water partition coefficient (Wildman–Crippen LogP) is 4.52. The molecule has 0 unspecified atom stereocenters. The Morgan fingerprint density at radius 1 is 1.22 bits per heavy atom. The van der Waals surface area contributed by atoms with Crippen LogP contribution in [0.25, 0.3) is 16.9 Å². The number of nitriles is 1. The molecular weight excluding hydrogens is 420 g/mol. The van der Waals surface area contributed by atoms with Gasteiger partial charge in [0.05, 0.1) is 16.8 Å². The number of carbonyl (C=O) groups excluding carboxylic acids is 1. The second-order valence-corrected chi connectivity index (χ2v) is 9.64. The van der Waals surface area contributed by atoms with Crippen molar-refractivity contribution in [2.75, 3.05) is 11.6 Å². The molecule has 2 N–H and O–H groups in total. The minimum Gasteiger partial charge on any atom is -0.382 e. The smallest absolute Gasteiger partial charge is 0.255 e. The van der Waals surface area contributed by atoms with Gasteiger partial charge in [0.1, 0.15) is 17.5 Å². The molecule has 3 aromatic rings. The molecule has 4 rings (SSSR count). The second kappa shape index (κ2) is 9.61. The minimum absolute atomic E-state index is 0.0889. The number of nitrogens with one attached hydrogen (secondary N) is 2. The standard InChI is InChI=1S/C24H28N6OS/c1-15(2)28-21-11-22(30-9-8-17-10-16(12-25)13-27-23(17)30)26-14-20(21)24(31)29-18-4-6-19(32-3)7-5-18/h8-11,13-15,18-19H,4-7H2,1-3H3,(H,26,28)(H,29,31). The zero-order chi connectivity index (χ0) is 22.7. The largest absolute Gasteiger partial charge is 0.382 e. The Kier molecular flexibility index (Phi) is 6.66. The van der Waals surface area contributed by atoms with E-state index in [0.29, 0.717) is 22.2 Å². The van der Waals surface area contributed by atoms with E-state index in [1.165, 1.54) is 0 Å². The van der Waals surface area contributed by atoms with E-state index < -0.39 is 0 Å². The number of thioether (sulfide) groups is 1. The van der Waals surface area contributed by atoms with Crippen molar-refractivity contribution in [1.29, 1.82) is 5.26 Å². The van der Waals surface area contributed by atoms with Crippen molar-refractivity contribution >= 4 is 34.4 Å². The van der Waals surface area contributed by atoms with Crippen molar-refractivity contribution in [3.05, 3.63) is 47.9 Å². The van der Waals surface area contributed by atoms with E-state index in [2.05, 4.69) is 32.9 Å². The van der Waals surface area contributed by atoms with Crippen LogP contribution in [0.3, 0.4) is 0 Å². The summed E-state index contributed by atoms with van der Waals surface area (Å²) in [5.74, 6) is 0.575. The van der Waals surface area contributed by atoms with Gasteiger partial charge in [0.2, 0.25) is 0 Å². The van der Waals surface area contributed by atoms with Crippen molar-refractivity contribution in [2.24, 2.45) is 0 Å². The lowest BCUT2D eigenvalue weighted by Gasteiger charge is -2.28. The van der Waals surface area contributed by atoms with Crippen LogP contribution in [0.1, 0.15) is 55.5 Å². The summed E-state index contributed by atoms with van der Waals surface area (Å²) in [5, 5.41) is 17.3. The quantitative estimate of drug-likeness (QED) is 0.576. The molecule has 1 fully saturated rings. The average molecular weight is 449 g/mol. The molecule has 3 aromatic heterocycles. The molecule has 0 bridgehead atoms. The van der Waals surface area contributed by atoms with Crippen LogP contribution in [0.4, 0.5) is 5.69 Å². The third-order valence-electron chi connectivity index (χ3n) is 5.82. The second-order valence-electron chi connectivity index (χ2n) is 8.50. The maximum atomic E-state index is 13.1. The van der Waals surface area contributed by atoms with Crippen LogP contribution in [-0.4, -0.2) is 44.0 Å². The molecule has 32 heavy (non-hydrogen) atoms. The number of pyridine rings is 2. The normalized spacial score (nSPS) is 18.5. The van der Waals surface area contributed by atoms with Crippen molar-refractivity contribution in [3.63, 3.8) is 0 Å². The van der Waals surface area contributed by atoms with Crippen molar-refractivity contribution in [1.82, 2.24) is 19.9 Å². The minimum atomic E-state index is -0.0889. The molecule has 1 saturated carbocycles. The van der Waals surface area contributed by atoms with E-state index in [4.69, 9.17) is 5.26 Å². The van der Waals surface area contributed by atoms with Gasteiger partial charge in [-0.3, -0.25) is 9.36 Å². The van der Waals surface area contributed by atoms with Gasteiger partial charge in [-0.1, -0.05) is 0 Å². The van der Waals surface area contributed by atoms with Crippen LogP contribution in [0.15, 0.2) is 36.8 Å². The van der Waals surface area contributed by atoms with Gasteiger partial charge in [-0.25, -0.2) is 9.97 Å². The first kappa shape index (κ1) is 22.2. The number of hydrogen-bond acceptors (Lipinski definition) is 6. The maximum Gasteiger partial charge on any atom is 0.255 e. The van der Waals surface area contributed by atoms with Crippen molar-refractivity contribution in [3.8, 4) is 11.9 Å². The highest BCUT2D eigenvalue weighted by molar-refractivity contribution is 7.99. The monoisotopic (exact) mass is 448 g/mol. The van der Waals surface area contributed by atoms with Gasteiger partial charge < -0.3 is 10.6 Å². The van der Waals surface area contributed by atoms with Gasteiger partial charge in [0.15, 0.2) is 0 Å². The first-order chi connectivity index (χ1) is 15.5. The molecule has 7 nitrogen and oxygen atoms in total. The summed E-state index contributed by atoms with van der Waals surface area (Å²) in [4.78, 5) is 22.1. The predicted molar refractivity (Wildman–Crippen MR) is 129 cm³/mol. The summed E-state index contributed by atoms with van der Waals surface area (Å²) in [6, 6.07) is 8.09. The number of nitrogens with zero attached hydrogens (tertiary/aromatic N) is 4. The summed E-state index contributed by atoms with van der Waals surface area (Å²) >= 11 is 1.92. The molecule has 0 aromatic carbocycles. The van der Waals surface area contributed by atoms with E-state index in [0.717, 1.165) is 42.4 Å². The van der Waals surface area contributed by atoms with Crippen LogP contribution >= 0.6 is 11.8 Å². The highest BCUT2D eigenvalue weighted by Crippen LogP contribution is 2.28. The van der Waals surface area contributed by atoms with E-state index in [-0.39, 0.29) is 18.0 Å². The Balaban J connectivity index is 1.61. The Bertz CT molecular complexity index is 1160. The third-order valence-corrected chi connectivity index (χ3v) is 6.96. The summed E-state index contributed by atoms with van der Waals surface area (Å²) in [6.07, 6.45) is 11.5. The van der Waals surface area contributed by atoms with Crippen LogP contribution in [0.2, 0.25) is 0 Å². The van der Waals surface area contributed by atoms with E-state index in [1.807, 2.05) is 48.5 Å². The first-order valence-electron chi connectivity index (χ1n) is 11.0. The number of amides is 1. The highest BCUT2D eigenvalue weighted by Gasteiger charge is 2.24. The number of hydrogen-bond donors (Lipinski definition) is 2. The van der Waals surface area contributed by atoms with Gasteiger partial charge >= 0.3 is 0 Å². The summed E-state index contributed by atoms with van der Waals surface area (Å²) in [7, 11) is 0. The van der Waals surface area contributed by atoms with Crippen LogP contribution in [0.5, 0.6) is 0 Å². The molecule has 0 saturated heterocycles. The summed E-state index contributed by atoms with van der Waals surface area (Å²) in [6.45, 7) is 4.09. The van der Waals surface area contributed by atoms with Gasteiger partial charge in [-0.15, -0.1) is 0 Å². The molecule has 0 spiro atoms. The topological polar surface area (TPSA) is 95.6 Å². The Morgan fingerprint density at radius 3 is 2.69 bits per heavy atom. The van der Waals surface area contributed by atoms with Crippen LogP contribution < -0.4 is 10.6 Å². The fourth-order valence-corrected chi connectivity index (χ4v) is 4.91. The number of rotatable bonds is 6. The lowest BCUT2D eigenvalue weighted by molar-refractivity contribution is 0.0928. The molecule has 1 aliphatic rings. The molecule has 0 atom stereocenters. The Labute approximate surface area is 192 Å². The van der Waals surface area contributed by atoms with Crippen molar-refractivity contribution in [2.45, 2.75) is 56.9 Å². The summed E-state index contributed by atoms with van der Waals surface area (Å²) in [5.41, 5.74) is 2.53. The molecular formula is C24H28N6OS. The van der Waals surface area contributed by atoms with Gasteiger partial charge in [0.25, 0.3) is 5.91 Å². The van der Waals surface area contributed by atoms with E-state index in [9.17, 15) is 4.79 Å². The van der Waals surface area contributed by atoms with E-state index >= 15 is 0 Å². The summed E-state index contributed by atoms with van der Waals surface area (Å²) < 4.78 is 1.87. The molecule has 1 amide bonds. The van der Waals surface area contributed by atoms with Gasteiger partial charge in [-0.05, 0) is 57.9 Å². The number of anilines is 1. The number of fused-ring (bicyclic) bond motifs is 1. The fourth-order valence-electron chi connectivity index (χ4n) is 4.16. The van der Waals surface area contributed by atoms with Crippen molar-refractivity contribution < 1.29 is 4.79 Å². The Morgan fingerprint density at radius 2 is 2.00 bits per heavy atom.